The van der Waals surface area contributed by atoms with Crippen molar-refractivity contribution in [3.05, 3.63) is 56.3 Å². The number of H-pyrrole nitrogens is 1. The summed E-state index contributed by atoms with van der Waals surface area (Å²) in [5.41, 5.74) is 9.96. The van der Waals surface area contributed by atoms with E-state index in [0.29, 0.717) is 0 Å². The summed E-state index contributed by atoms with van der Waals surface area (Å²) in [6.07, 6.45) is 1.51. The number of carbonyl (C=O) groups is 1. The predicted molar refractivity (Wildman–Crippen MR) is 88.7 cm³/mol. The lowest BCUT2D eigenvalue weighted by Crippen LogP contribution is -2.28. The average Bonchev–Trinajstić information content (AvgIpc) is 2.48. The fraction of sp³-hybridized carbons (Fsp3) is 0.0714. The monoisotopic (exact) mass is 357 g/mol. The highest BCUT2D eigenvalue weighted by molar-refractivity contribution is 6.45. The lowest BCUT2D eigenvalue weighted by atomic mass is 10.2. The van der Waals surface area contributed by atoms with Gasteiger partial charge in [0.1, 0.15) is 10.0 Å². The van der Waals surface area contributed by atoms with Gasteiger partial charge in [-0.15, -0.1) is 0 Å². The van der Waals surface area contributed by atoms with E-state index in [1.165, 1.54) is 6.21 Å². The van der Waals surface area contributed by atoms with Crippen molar-refractivity contribution in [2.24, 2.45) is 5.10 Å². The first-order valence-corrected chi connectivity index (χ1v) is 7.29. The van der Waals surface area contributed by atoms with Gasteiger partial charge in [-0.05, 0) is 24.1 Å². The Bertz CT molecular complexity index is 762. The maximum Gasteiger partial charge on any atom is 0.337 e. The van der Waals surface area contributed by atoms with Crippen LogP contribution in [0, 0.1) is 6.92 Å². The summed E-state index contributed by atoms with van der Waals surface area (Å²) in [5, 5.41) is 3.93. The molecule has 0 spiro atoms. The summed E-state index contributed by atoms with van der Waals surface area (Å²) < 4.78 is 0. The number of nitrogen functional groups attached to an aromatic ring is 1. The van der Waals surface area contributed by atoms with Crippen molar-refractivity contribution in [1.29, 1.82) is 0 Å². The van der Waals surface area contributed by atoms with E-state index in [4.69, 9.17) is 40.5 Å². The molecule has 0 fully saturated rings. The first-order valence-electron chi connectivity index (χ1n) is 6.15. The number of nitrogens with zero attached hydrogens (tertiary/aromatic N) is 1. The summed E-state index contributed by atoms with van der Waals surface area (Å²) in [6.45, 7) is 1.96. The Balaban J connectivity index is 2.17. The number of anilines is 1. The second-order valence-corrected chi connectivity index (χ2v) is 5.60. The van der Waals surface area contributed by atoms with Gasteiger partial charge in [-0.2, -0.15) is 10.1 Å². The number of nitrogens with one attached hydrogen (secondary N) is 2. The van der Waals surface area contributed by atoms with Crippen LogP contribution >= 0.6 is 34.8 Å². The third-order valence-corrected chi connectivity index (χ3v) is 3.93. The molecular formula is C14H12Cl3N4O+. The number of hydrazone groups is 1. The SMILES string of the molecule is Cc1cccc(/C=N/NC(=O)c2[nH+]c(Cl)c(Cl)c(N)c2Cl)c1. The van der Waals surface area contributed by atoms with Gasteiger partial charge in [-0.1, -0.05) is 53.0 Å². The third-order valence-electron chi connectivity index (χ3n) is 2.77. The van der Waals surface area contributed by atoms with Crippen molar-refractivity contribution in [1.82, 2.24) is 5.43 Å². The quantitative estimate of drug-likeness (QED) is 0.502. The van der Waals surface area contributed by atoms with Crippen LogP contribution in [-0.4, -0.2) is 12.1 Å². The largest absolute Gasteiger partial charge is 0.396 e. The van der Waals surface area contributed by atoms with Crippen molar-refractivity contribution in [3.8, 4) is 0 Å². The standard InChI is InChI=1S/C14H11Cl3N4O/c1-7-3-2-4-8(5-7)6-19-21-14(22)12-9(15)11(18)10(16)13(17)20-12/h2-6H,1H3,(H2,18,20)(H,21,22)/p+1/b19-6+. The van der Waals surface area contributed by atoms with Crippen molar-refractivity contribution in [2.45, 2.75) is 6.92 Å². The van der Waals surface area contributed by atoms with Crippen molar-refractivity contribution >= 4 is 52.6 Å². The lowest BCUT2D eigenvalue weighted by Gasteiger charge is -2.02. The number of benzene rings is 1. The third kappa shape index (κ3) is 3.68. The Morgan fingerprint density at radius 1 is 1.32 bits per heavy atom. The van der Waals surface area contributed by atoms with Crippen LogP contribution in [0.5, 0.6) is 0 Å². The molecule has 0 atom stereocenters. The normalized spacial score (nSPS) is 10.9. The number of pyridine rings is 1. The van der Waals surface area contributed by atoms with Gasteiger partial charge in [-0.25, -0.2) is 5.43 Å². The Hall–Kier alpha value is -1.82. The van der Waals surface area contributed by atoms with E-state index in [0.717, 1.165) is 11.1 Å². The second kappa shape index (κ2) is 6.96. The van der Waals surface area contributed by atoms with Gasteiger partial charge in [0.2, 0.25) is 0 Å². The van der Waals surface area contributed by atoms with Crippen molar-refractivity contribution < 1.29 is 9.78 Å². The zero-order valence-corrected chi connectivity index (χ0v) is 13.7. The van der Waals surface area contributed by atoms with Crippen molar-refractivity contribution in [2.75, 3.05) is 5.73 Å². The van der Waals surface area contributed by atoms with Crippen LogP contribution < -0.4 is 16.1 Å². The van der Waals surface area contributed by atoms with E-state index in [2.05, 4.69) is 15.5 Å². The number of carbonyl (C=O) groups excluding carboxylic acids is 1. The molecule has 0 saturated carbocycles. The smallest absolute Gasteiger partial charge is 0.337 e. The Kier molecular flexibility index (Phi) is 5.24. The predicted octanol–water partition coefficient (Wildman–Crippen LogP) is 3.12. The van der Waals surface area contributed by atoms with Gasteiger partial charge in [0.15, 0.2) is 0 Å². The number of aryl methyl sites for hydroxylation is 1. The molecule has 0 aliphatic rings. The molecule has 0 aliphatic carbocycles. The summed E-state index contributed by atoms with van der Waals surface area (Å²) in [4.78, 5) is 14.6. The highest BCUT2D eigenvalue weighted by Gasteiger charge is 2.25. The van der Waals surface area contributed by atoms with Crippen LogP contribution in [0.25, 0.3) is 0 Å². The molecule has 1 aromatic heterocycles. The molecule has 0 saturated heterocycles. The Morgan fingerprint density at radius 3 is 2.73 bits per heavy atom. The number of aromatic amines is 1. The molecule has 0 bridgehead atoms. The second-order valence-electron chi connectivity index (χ2n) is 4.47. The highest BCUT2D eigenvalue weighted by atomic mass is 35.5. The maximum absolute atomic E-state index is 12.0. The molecule has 5 nitrogen and oxygen atoms in total. The van der Waals surface area contributed by atoms with Crippen molar-refractivity contribution in [3.63, 3.8) is 0 Å². The van der Waals surface area contributed by atoms with Crippen LogP contribution in [0.15, 0.2) is 29.4 Å². The minimum Gasteiger partial charge on any atom is -0.396 e. The van der Waals surface area contributed by atoms with E-state index >= 15 is 0 Å². The van der Waals surface area contributed by atoms with Gasteiger partial charge >= 0.3 is 5.91 Å². The molecule has 0 radical (unpaired) electrons. The molecule has 22 heavy (non-hydrogen) atoms. The zero-order chi connectivity index (χ0) is 16.3. The number of halogens is 3. The first kappa shape index (κ1) is 16.5. The van der Waals surface area contributed by atoms with Crippen LogP contribution in [0.3, 0.4) is 0 Å². The van der Waals surface area contributed by atoms with Crippen LogP contribution in [0.4, 0.5) is 5.69 Å². The van der Waals surface area contributed by atoms with E-state index in [1.807, 2.05) is 31.2 Å². The minimum absolute atomic E-state index is 0.0161. The van der Waals surface area contributed by atoms with Crippen LogP contribution in [0.1, 0.15) is 21.6 Å². The van der Waals surface area contributed by atoms with Gasteiger partial charge in [0.05, 0.1) is 11.9 Å². The van der Waals surface area contributed by atoms with Gasteiger partial charge in [-0.3, -0.25) is 4.79 Å². The summed E-state index contributed by atoms with van der Waals surface area (Å²) in [7, 11) is 0. The molecule has 1 aromatic carbocycles. The molecule has 8 heteroatoms. The zero-order valence-electron chi connectivity index (χ0n) is 11.5. The number of nitrogens with two attached hydrogens (primary N) is 1. The first-order chi connectivity index (χ1) is 10.4. The lowest BCUT2D eigenvalue weighted by molar-refractivity contribution is -0.379. The molecular weight excluding hydrogens is 347 g/mol. The molecule has 1 amide bonds. The highest BCUT2D eigenvalue weighted by Crippen LogP contribution is 2.31. The Labute approximate surface area is 142 Å². The number of rotatable bonds is 3. The number of amides is 1. The topological polar surface area (TPSA) is 81.6 Å². The molecule has 114 valence electrons. The number of hydrogen-bond donors (Lipinski definition) is 2. The van der Waals surface area contributed by atoms with E-state index in [-0.39, 0.29) is 26.6 Å². The summed E-state index contributed by atoms with van der Waals surface area (Å²) in [5.74, 6) is -0.584. The summed E-state index contributed by atoms with van der Waals surface area (Å²) in [6, 6.07) is 7.64. The fourth-order valence-electron chi connectivity index (χ4n) is 1.70. The molecule has 2 rings (SSSR count). The van der Waals surface area contributed by atoms with Crippen LogP contribution in [-0.2, 0) is 0 Å². The minimum atomic E-state index is -0.584. The van der Waals surface area contributed by atoms with E-state index in [1.54, 1.807) is 0 Å². The Morgan fingerprint density at radius 2 is 2.05 bits per heavy atom. The maximum atomic E-state index is 12.0. The summed E-state index contributed by atoms with van der Waals surface area (Å²) >= 11 is 17.6. The average molecular weight is 359 g/mol. The van der Waals surface area contributed by atoms with Crippen LogP contribution in [0.2, 0.25) is 15.2 Å². The number of aromatic nitrogens is 1. The molecule has 4 N–H and O–H groups in total. The molecule has 1 heterocycles. The molecule has 0 aliphatic heterocycles. The van der Waals surface area contributed by atoms with Gasteiger partial charge < -0.3 is 5.73 Å². The van der Waals surface area contributed by atoms with Gasteiger partial charge in [0, 0.05) is 0 Å². The van der Waals surface area contributed by atoms with Gasteiger partial charge in [0.25, 0.3) is 10.8 Å². The fourth-order valence-corrected chi connectivity index (χ4v) is 2.31. The molecule has 2 aromatic rings. The molecule has 0 unspecified atom stereocenters. The number of hydrogen-bond acceptors (Lipinski definition) is 3. The van der Waals surface area contributed by atoms with E-state index < -0.39 is 5.91 Å². The van der Waals surface area contributed by atoms with E-state index in [9.17, 15) is 4.79 Å².